The van der Waals surface area contributed by atoms with Crippen LogP contribution in [0.3, 0.4) is 0 Å². The first-order valence-corrected chi connectivity index (χ1v) is 10.5. The van der Waals surface area contributed by atoms with Gasteiger partial charge in [-0.05, 0) is 50.6 Å². The van der Waals surface area contributed by atoms with Gasteiger partial charge in [0, 0.05) is 18.1 Å². The molecule has 1 aliphatic rings. The summed E-state index contributed by atoms with van der Waals surface area (Å²) in [5.41, 5.74) is 0.906. The van der Waals surface area contributed by atoms with Gasteiger partial charge in [0.25, 0.3) is 0 Å². The van der Waals surface area contributed by atoms with Crippen molar-refractivity contribution < 1.29 is 28.6 Å². The molecule has 0 aliphatic carbocycles. The lowest BCUT2D eigenvalue weighted by atomic mass is 10.1. The third-order valence-corrected chi connectivity index (χ3v) is 4.63. The topological polar surface area (TPSA) is 74.3 Å². The predicted octanol–water partition coefficient (Wildman–Crippen LogP) is 4.76. The Balaban J connectivity index is 1.80. The Labute approximate surface area is 188 Å². The van der Waals surface area contributed by atoms with Gasteiger partial charge in [-0.1, -0.05) is 30.3 Å². The van der Waals surface area contributed by atoms with Crippen LogP contribution in [0.5, 0.6) is 5.75 Å². The van der Waals surface area contributed by atoms with E-state index in [9.17, 15) is 9.59 Å². The van der Waals surface area contributed by atoms with Crippen LogP contribution in [0.1, 0.15) is 38.3 Å². The maximum atomic E-state index is 13.0. The molecule has 32 heavy (non-hydrogen) atoms. The Bertz CT molecular complexity index is 947. The summed E-state index contributed by atoms with van der Waals surface area (Å²) in [6.07, 6.45) is 0.768. The molecule has 0 radical (unpaired) electrons. The number of methoxy groups -OCH3 is 1. The minimum absolute atomic E-state index is 0.0493. The molecular formula is C25H29NO6. The van der Waals surface area contributed by atoms with Gasteiger partial charge in [0.2, 0.25) is 0 Å². The van der Waals surface area contributed by atoms with E-state index in [4.69, 9.17) is 19.0 Å². The number of carbonyl (C=O) groups excluding carboxylic acids is 2. The second-order valence-corrected chi connectivity index (χ2v) is 8.46. The first-order valence-electron chi connectivity index (χ1n) is 10.5. The lowest BCUT2D eigenvalue weighted by Gasteiger charge is -2.31. The average Bonchev–Trinajstić information content (AvgIpc) is 2.92. The first kappa shape index (κ1) is 23.3. The second-order valence-electron chi connectivity index (χ2n) is 8.46. The number of allylic oxidation sites excluding steroid dienone is 1. The SMILES string of the molecule is COc1ccc(C2=CC(=O)C[C@H](COCc3ccccc3)N(C(=O)OC(C)(C)C)O2)cc1. The molecule has 7 heteroatoms. The number of rotatable bonds is 6. The highest BCUT2D eigenvalue weighted by Gasteiger charge is 2.35. The van der Waals surface area contributed by atoms with Crippen molar-refractivity contribution in [2.45, 2.75) is 45.4 Å². The summed E-state index contributed by atoms with van der Waals surface area (Å²) < 4.78 is 16.5. The van der Waals surface area contributed by atoms with Crippen LogP contribution < -0.4 is 4.74 Å². The van der Waals surface area contributed by atoms with Gasteiger partial charge in [-0.15, -0.1) is 5.06 Å². The zero-order valence-electron chi connectivity index (χ0n) is 18.9. The van der Waals surface area contributed by atoms with Crippen LogP contribution in [0.15, 0.2) is 60.7 Å². The number of ether oxygens (including phenoxy) is 3. The third kappa shape index (κ3) is 6.59. The normalized spacial score (nSPS) is 16.6. The zero-order valence-corrected chi connectivity index (χ0v) is 18.9. The molecule has 0 aromatic heterocycles. The van der Waals surface area contributed by atoms with Crippen molar-refractivity contribution in [1.82, 2.24) is 5.06 Å². The summed E-state index contributed by atoms with van der Waals surface area (Å²) in [4.78, 5) is 31.6. The largest absolute Gasteiger partial charge is 0.497 e. The number of ketones is 1. The fourth-order valence-corrected chi connectivity index (χ4v) is 3.13. The van der Waals surface area contributed by atoms with E-state index in [1.54, 1.807) is 52.1 Å². The van der Waals surface area contributed by atoms with Crippen molar-refractivity contribution >= 4 is 17.6 Å². The molecule has 2 aromatic carbocycles. The molecule has 170 valence electrons. The van der Waals surface area contributed by atoms with Crippen molar-refractivity contribution in [3.63, 3.8) is 0 Å². The molecule has 1 atom stereocenters. The predicted molar refractivity (Wildman–Crippen MR) is 120 cm³/mol. The zero-order chi connectivity index (χ0) is 23.1. The van der Waals surface area contributed by atoms with E-state index >= 15 is 0 Å². The first-order chi connectivity index (χ1) is 15.2. The van der Waals surface area contributed by atoms with Gasteiger partial charge in [0.15, 0.2) is 11.5 Å². The number of hydrogen-bond donors (Lipinski definition) is 0. The molecule has 0 spiro atoms. The summed E-state index contributed by atoms with van der Waals surface area (Å²) in [7, 11) is 1.57. The van der Waals surface area contributed by atoms with E-state index in [0.717, 1.165) is 10.6 Å². The molecule has 0 bridgehead atoms. The molecule has 1 amide bonds. The van der Waals surface area contributed by atoms with Gasteiger partial charge in [-0.3, -0.25) is 4.79 Å². The van der Waals surface area contributed by atoms with Gasteiger partial charge < -0.3 is 19.0 Å². The van der Waals surface area contributed by atoms with Crippen molar-refractivity contribution in [2.24, 2.45) is 0 Å². The van der Waals surface area contributed by atoms with Crippen LogP contribution >= 0.6 is 0 Å². The molecule has 2 aromatic rings. The van der Waals surface area contributed by atoms with Crippen LogP contribution in [0.25, 0.3) is 5.76 Å². The maximum absolute atomic E-state index is 13.0. The summed E-state index contributed by atoms with van der Waals surface area (Å²) in [5.74, 6) is 0.759. The molecule has 1 heterocycles. The van der Waals surface area contributed by atoms with Crippen LogP contribution in [-0.2, 0) is 25.7 Å². The van der Waals surface area contributed by atoms with Crippen LogP contribution in [0.2, 0.25) is 0 Å². The minimum atomic E-state index is -0.726. The number of hydroxylamine groups is 2. The summed E-state index contributed by atoms with van der Waals surface area (Å²) in [6, 6.07) is 16.1. The highest BCUT2D eigenvalue weighted by atomic mass is 16.7. The Hall–Kier alpha value is -3.32. The lowest BCUT2D eigenvalue weighted by Crippen LogP contribution is -2.45. The maximum Gasteiger partial charge on any atom is 0.444 e. The monoisotopic (exact) mass is 439 g/mol. The molecular weight excluding hydrogens is 410 g/mol. The highest BCUT2D eigenvalue weighted by molar-refractivity contribution is 5.96. The van der Waals surface area contributed by atoms with E-state index < -0.39 is 17.7 Å². The Morgan fingerprint density at radius 1 is 1.09 bits per heavy atom. The average molecular weight is 440 g/mol. The van der Waals surface area contributed by atoms with Gasteiger partial charge >= 0.3 is 6.09 Å². The van der Waals surface area contributed by atoms with Crippen LogP contribution in [0.4, 0.5) is 4.79 Å². The highest BCUT2D eigenvalue weighted by Crippen LogP contribution is 2.27. The van der Waals surface area contributed by atoms with E-state index in [-0.39, 0.29) is 24.6 Å². The van der Waals surface area contributed by atoms with Crippen molar-refractivity contribution in [3.8, 4) is 5.75 Å². The van der Waals surface area contributed by atoms with Gasteiger partial charge in [-0.2, -0.15) is 0 Å². The second kappa shape index (κ2) is 10.3. The molecule has 7 nitrogen and oxygen atoms in total. The van der Waals surface area contributed by atoms with Crippen molar-refractivity contribution in [1.29, 1.82) is 0 Å². The fourth-order valence-electron chi connectivity index (χ4n) is 3.13. The summed E-state index contributed by atoms with van der Waals surface area (Å²) in [6.45, 7) is 5.79. The molecule has 0 saturated carbocycles. The smallest absolute Gasteiger partial charge is 0.444 e. The van der Waals surface area contributed by atoms with Gasteiger partial charge in [-0.25, -0.2) is 4.79 Å². The Morgan fingerprint density at radius 2 is 1.78 bits per heavy atom. The summed E-state index contributed by atoms with van der Waals surface area (Å²) in [5, 5.41) is 1.11. The molecule has 1 aliphatic heterocycles. The molecule has 0 unspecified atom stereocenters. The van der Waals surface area contributed by atoms with E-state index in [1.165, 1.54) is 6.08 Å². The minimum Gasteiger partial charge on any atom is -0.497 e. The summed E-state index contributed by atoms with van der Waals surface area (Å²) >= 11 is 0. The van der Waals surface area contributed by atoms with Gasteiger partial charge in [0.1, 0.15) is 17.4 Å². The number of amides is 1. The van der Waals surface area contributed by atoms with Crippen molar-refractivity contribution in [3.05, 3.63) is 71.8 Å². The Morgan fingerprint density at radius 3 is 2.41 bits per heavy atom. The van der Waals surface area contributed by atoms with Crippen LogP contribution in [-0.4, -0.2) is 42.3 Å². The molecule has 0 fully saturated rings. The number of nitrogens with zero attached hydrogens (tertiary/aromatic N) is 1. The van der Waals surface area contributed by atoms with Crippen LogP contribution in [0, 0.1) is 0 Å². The lowest BCUT2D eigenvalue weighted by molar-refractivity contribution is -0.135. The fraction of sp³-hybridized carbons (Fsp3) is 0.360. The third-order valence-electron chi connectivity index (χ3n) is 4.63. The molecule has 0 N–H and O–H groups in total. The number of benzene rings is 2. The quantitative estimate of drug-likeness (QED) is 0.646. The van der Waals surface area contributed by atoms with E-state index in [0.29, 0.717) is 17.9 Å². The van der Waals surface area contributed by atoms with Gasteiger partial charge in [0.05, 0.1) is 20.3 Å². The Kier molecular flexibility index (Phi) is 7.53. The van der Waals surface area contributed by atoms with E-state index in [2.05, 4.69) is 0 Å². The number of hydrogen-bond acceptors (Lipinski definition) is 6. The number of carbonyl (C=O) groups is 2. The molecule has 3 rings (SSSR count). The standard InChI is InChI=1S/C25H29NO6/c1-25(2,3)31-24(28)26-20(17-30-16-18-8-6-5-7-9-18)14-21(27)15-23(32-26)19-10-12-22(29-4)13-11-19/h5-13,15,20H,14,16-17H2,1-4H3/t20-/m1/s1. The molecule has 0 saturated heterocycles. The van der Waals surface area contributed by atoms with E-state index in [1.807, 2.05) is 30.3 Å². The van der Waals surface area contributed by atoms with Crippen molar-refractivity contribution in [2.75, 3.05) is 13.7 Å².